The first-order chi connectivity index (χ1) is 6.70. The van der Waals surface area contributed by atoms with Crippen LogP contribution in [0, 0.1) is 11.3 Å². The molecule has 0 bridgehead atoms. The number of nitriles is 1. The summed E-state index contributed by atoms with van der Waals surface area (Å²) >= 11 is 0. The van der Waals surface area contributed by atoms with E-state index in [1.807, 2.05) is 36.4 Å². The largest absolute Gasteiger partial charge is 0.338 e. The third-order valence-electron chi connectivity index (χ3n) is 2.41. The number of rotatable bonds is 2. The molecule has 2 atom stereocenters. The van der Waals surface area contributed by atoms with Gasteiger partial charge in [0.05, 0.1) is 0 Å². The fourth-order valence-electron chi connectivity index (χ4n) is 1.51. The second-order valence-corrected chi connectivity index (χ2v) is 3.31. The van der Waals surface area contributed by atoms with Crippen molar-refractivity contribution in [1.82, 2.24) is 0 Å². The van der Waals surface area contributed by atoms with E-state index >= 15 is 0 Å². The Morgan fingerprint density at radius 2 is 2.14 bits per heavy atom. The Kier molecular flexibility index (Phi) is 1.87. The van der Waals surface area contributed by atoms with Crippen LogP contribution >= 0.6 is 0 Å². The van der Waals surface area contributed by atoms with Gasteiger partial charge in [0.2, 0.25) is 5.60 Å². The predicted octanol–water partition coefficient (Wildman–Crippen LogP) is 1.61. The summed E-state index contributed by atoms with van der Waals surface area (Å²) < 4.78 is 5.19. The number of hydrogen-bond donors (Lipinski definition) is 0. The second-order valence-electron chi connectivity index (χ2n) is 3.31. The van der Waals surface area contributed by atoms with E-state index in [2.05, 4.69) is 0 Å². The van der Waals surface area contributed by atoms with Crippen LogP contribution in [0.5, 0.6) is 0 Å². The molecule has 1 heterocycles. The molecule has 0 N–H and O–H groups in total. The molecule has 1 saturated heterocycles. The summed E-state index contributed by atoms with van der Waals surface area (Å²) in [4.78, 5) is 11.2. The van der Waals surface area contributed by atoms with Gasteiger partial charge in [0.25, 0.3) is 0 Å². The lowest BCUT2D eigenvalue weighted by molar-refractivity contribution is -0.120. The Balaban J connectivity index is 2.28. The van der Waals surface area contributed by atoms with Crippen molar-refractivity contribution in [1.29, 1.82) is 5.26 Å². The summed E-state index contributed by atoms with van der Waals surface area (Å²) in [5, 5.41) is 8.86. The first-order valence-electron chi connectivity index (χ1n) is 4.36. The molecule has 0 aromatic heterocycles. The average Bonchev–Trinajstić information content (AvgIpc) is 2.95. The second kappa shape index (κ2) is 2.93. The Hall–Kier alpha value is -1.66. The number of carbonyl (C=O) groups is 1. The van der Waals surface area contributed by atoms with Crippen LogP contribution in [0.2, 0.25) is 0 Å². The fourth-order valence-corrected chi connectivity index (χ4v) is 1.51. The van der Waals surface area contributed by atoms with Gasteiger partial charge >= 0.3 is 0 Å². The lowest BCUT2D eigenvalue weighted by Crippen LogP contribution is -2.19. The minimum absolute atomic E-state index is 0.228. The number of benzene rings is 1. The lowest BCUT2D eigenvalue weighted by atomic mass is 9.97. The van der Waals surface area contributed by atoms with Crippen molar-refractivity contribution in [3.05, 3.63) is 35.9 Å². The highest BCUT2D eigenvalue weighted by atomic mass is 16.6. The smallest absolute Gasteiger partial charge is 0.243 e. The van der Waals surface area contributed by atoms with E-state index in [1.54, 1.807) is 0 Å². The fraction of sp³-hybridized carbons (Fsp3) is 0.273. The Morgan fingerprint density at radius 3 is 2.57 bits per heavy atom. The molecular formula is C11H9NO2. The zero-order chi connectivity index (χ0) is 10.2. The van der Waals surface area contributed by atoms with Crippen LogP contribution in [0.4, 0.5) is 0 Å². The molecule has 70 valence electrons. The average molecular weight is 187 g/mol. The molecule has 3 heteroatoms. The summed E-state index contributed by atoms with van der Waals surface area (Å²) in [6, 6.07) is 11.2. The highest BCUT2D eigenvalue weighted by molar-refractivity contribution is 5.92. The SMILES string of the molecule is CC(=O)C1(C#N)OC1c1ccccc1. The maximum Gasteiger partial charge on any atom is 0.243 e. The van der Waals surface area contributed by atoms with Gasteiger partial charge in [0.1, 0.15) is 12.2 Å². The lowest BCUT2D eigenvalue weighted by Gasteiger charge is -1.97. The summed E-state index contributed by atoms with van der Waals surface area (Å²) in [7, 11) is 0. The summed E-state index contributed by atoms with van der Waals surface area (Å²) in [5.74, 6) is -0.228. The summed E-state index contributed by atoms with van der Waals surface area (Å²) in [5.41, 5.74) is -0.342. The molecule has 1 fully saturated rings. The minimum Gasteiger partial charge on any atom is -0.338 e. The summed E-state index contributed by atoms with van der Waals surface area (Å²) in [6.07, 6.45) is -0.383. The van der Waals surface area contributed by atoms with Crippen molar-refractivity contribution in [2.45, 2.75) is 18.6 Å². The number of ketones is 1. The van der Waals surface area contributed by atoms with Crippen LogP contribution in [0.1, 0.15) is 18.6 Å². The predicted molar refractivity (Wildman–Crippen MR) is 49.3 cm³/mol. The number of nitrogens with zero attached hydrogens (tertiary/aromatic N) is 1. The van der Waals surface area contributed by atoms with E-state index in [4.69, 9.17) is 10.00 Å². The van der Waals surface area contributed by atoms with Crippen molar-refractivity contribution < 1.29 is 9.53 Å². The molecule has 2 unspecified atom stereocenters. The Bertz CT molecular complexity index is 407. The highest BCUT2D eigenvalue weighted by Gasteiger charge is 2.62. The topological polar surface area (TPSA) is 53.4 Å². The van der Waals surface area contributed by atoms with Gasteiger partial charge in [0, 0.05) is 0 Å². The molecule has 0 aliphatic carbocycles. The summed E-state index contributed by atoms with van der Waals surface area (Å²) in [6.45, 7) is 1.38. The first kappa shape index (κ1) is 8.92. The van der Waals surface area contributed by atoms with Gasteiger partial charge in [-0.3, -0.25) is 4.79 Å². The molecule has 0 saturated carbocycles. The standard InChI is InChI=1S/C11H9NO2/c1-8(13)11(7-12)10(14-11)9-5-3-2-4-6-9/h2-6,10H,1H3. The van der Waals surface area contributed by atoms with Crippen LogP contribution in [0.15, 0.2) is 30.3 Å². The molecule has 2 rings (SSSR count). The van der Waals surface area contributed by atoms with Crippen LogP contribution < -0.4 is 0 Å². The van der Waals surface area contributed by atoms with Crippen molar-refractivity contribution in [2.24, 2.45) is 0 Å². The maximum atomic E-state index is 11.2. The first-order valence-corrected chi connectivity index (χ1v) is 4.36. The van der Waals surface area contributed by atoms with Gasteiger partial charge < -0.3 is 4.74 Å². The number of ether oxygens (including phenoxy) is 1. The van der Waals surface area contributed by atoms with Crippen molar-refractivity contribution >= 4 is 5.78 Å². The molecule has 1 aromatic carbocycles. The maximum absolute atomic E-state index is 11.2. The van der Waals surface area contributed by atoms with E-state index < -0.39 is 5.60 Å². The van der Waals surface area contributed by atoms with Crippen LogP contribution in [-0.4, -0.2) is 11.4 Å². The Labute approximate surface area is 81.9 Å². The van der Waals surface area contributed by atoms with Gasteiger partial charge in [-0.1, -0.05) is 30.3 Å². The molecule has 1 aromatic rings. The van der Waals surface area contributed by atoms with Crippen LogP contribution in [-0.2, 0) is 9.53 Å². The molecular weight excluding hydrogens is 178 g/mol. The quantitative estimate of drug-likeness (QED) is 0.661. The molecule has 3 nitrogen and oxygen atoms in total. The normalized spacial score (nSPS) is 29.3. The minimum atomic E-state index is -1.22. The molecule has 0 spiro atoms. The van der Waals surface area contributed by atoms with Gasteiger partial charge in [-0.15, -0.1) is 0 Å². The third kappa shape index (κ3) is 1.12. The highest BCUT2D eigenvalue weighted by Crippen LogP contribution is 2.49. The third-order valence-corrected chi connectivity index (χ3v) is 2.41. The van der Waals surface area contributed by atoms with Crippen LogP contribution in [0.3, 0.4) is 0 Å². The number of hydrogen-bond acceptors (Lipinski definition) is 3. The van der Waals surface area contributed by atoms with Gasteiger partial charge in [-0.25, -0.2) is 0 Å². The zero-order valence-electron chi connectivity index (χ0n) is 7.73. The zero-order valence-corrected chi connectivity index (χ0v) is 7.73. The monoisotopic (exact) mass is 187 g/mol. The van der Waals surface area contributed by atoms with Crippen LogP contribution in [0.25, 0.3) is 0 Å². The van der Waals surface area contributed by atoms with E-state index in [1.165, 1.54) is 6.92 Å². The molecule has 14 heavy (non-hydrogen) atoms. The van der Waals surface area contributed by atoms with Gasteiger partial charge in [-0.2, -0.15) is 5.26 Å². The number of epoxide rings is 1. The van der Waals surface area contributed by atoms with Crippen molar-refractivity contribution in [3.8, 4) is 6.07 Å². The number of carbonyl (C=O) groups excluding carboxylic acids is 1. The van der Waals surface area contributed by atoms with Crippen molar-refractivity contribution in [3.63, 3.8) is 0 Å². The van der Waals surface area contributed by atoms with E-state index in [9.17, 15) is 4.79 Å². The number of Topliss-reactive ketones (excluding diaryl/α,β-unsaturated/α-hetero) is 1. The molecule has 0 amide bonds. The van der Waals surface area contributed by atoms with E-state index in [0.717, 1.165) is 5.56 Å². The van der Waals surface area contributed by atoms with Crippen molar-refractivity contribution in [2.75, 3.05) is 0 Å². The van der Waals surface area contributed by atoms with Gasteiger partial charge in [0.15, 0.2) is 5.78 Å². The van der Waals surface area contributed by atoms with E-state index in [-0.39, 0.29) is 11.9 Å². The molecule has 1 aliphatic rings. The molecule has 1 aliphatic heterocycles. The van der Waals surface area contributed by atoms with Gasteiger partial charge in [-0.05, 0) is 12.5 Å². The molecule has 0 radical (unpaired) electrons. The van der Waals surface area contributed by atoms with E-state index in [0.29, 0.717) is 0 Å². The Morgan fingerprint density at radius 1 is 1.50 bits per heavy atom.